The summed E-state index contributed by atoms with van der Waals surface area (Å²) < 4.78 is 16.7. The standard InChI is InChI=1S/C20H19ClN2O4/c21-18-5-1-2-6-19(18)26-13-17-8-7-15(27-17)10-14(11-22)20(24)23-12-16-4-3-9-25-16/h1-2,5-8,10,16H,3-4,9,12-13H2,(H,23,24)/b14-10+/t16-/m0/s1. The van der Waals surface area contributed by atoms with E-state index in [1.54, 1.807) is 24.3 Å². The quantitative estimate of drug-likeness (QED) is 0.579. The van der Waals surface area contributed by atoms with Crippen LogP contribution in [0.15, 0.2) is 46.4 Å². The summed E-state index contributed by atoms with van der Waals surface area (Å²) in [5.74, 6) is 1.06. The molecule has 1 amide bonds. The molecule has 7 heteroatoms. The Balaban J connectivity index is 1.57. The van der Waals surface area contributed by atoms with E-state index < -0.39 is 5.91 Å². The first-order valence-corrected chi connectivity index (χ1v) is 9.01. The van der Waals surface area contributed by atoms with Gasteiger partial charge in [-0.3, -0.25) is 4.79 Å². The Labute approximate surface area is 162 Å². The van der Waals surface area contributed by atoms with E-state index >= 15 is 0 Å². The third-order valence-electron chi connectivity index (χ3n) is 4.05. The van der Waals surface area contributed by atoms with Gasteiger partial charge in [-0.15, -0.1) is 0 Å². The number of ether oxygens (including phenoxy) is 2. The van der Waals surface area contributed by atoms with Crippen LogP contribution >= 0.6 is 11.6 Å². The molecule has 1 aromatic carbocycles. The zero-order valence-corrected chi connectivity index (χ0v) is 15.4. The van der Waals surface area contributed by atoms with Crippen molar-refractivity contribution >= 4 is 23.6 Å². The van der Waals surface area contributed by atoms with Crippen LogP contribution in [0.3, 0.4) is 0 Å². The Hall–Kier alpha value is -2.75. The highest BCUT2D eigenvalue weighted by Crippen LogP contribution is 2.24. The van der Waals surface area contributed by atoms with Gasteiger partial charge < -0.3 is 19.2 Å². The first-order chi connectivity index (χ1) is 13.2. The number of rotatable bonds is 7. The van der Waals surface area contributed by atoms with Crippen LogP contribution in [0.4, 0.5) is 0 Å². The summed E-state index contributed by atoms with van der Waals surface area (Å²) in [7, 11) is 0. The van der Waals surface area contributed by atoms with E-state index in [-0.39, 0.29) is 18.3 Å². The Kier molecular flexibility index (Phi) is 6.53. The first-order valence-electron chi connectivity index (χ1n) is 8.63. The number of hydrogen-bond acceptors (Lipinski definition) is 5. The minimum absolute atomic E-state index is 0.0195. The second-order valence-electron chi connectivity index (χ2n) is 6.04. The lowest BCUT2D eigenvalue weighted by Crippen LogP contribution is -2.32. The van der Waals surface area contributed by atoms with Crippen molar-refractivity contribution in [3.63, 3.8) is 0 Å². The molecule has 27 heavy (non-hydrogen) atoms. The average molecular weight is 387 g/mol. The van der Waals surface area contributed by atoms with Crippen LogP contribution in [-0.2, 0) is 16.1 Å². The molecule has 1 saturated heterocycles. The van der Waals surface area contributed by atoms with Crippen molar-refractivity contribution in [2.45, 2.75) is 25.6 Å². The molecule has 1 N–H and O–H groups in total. The third kappa shape index (κ3) is 5.36. The van der Waals surface area contributed by atoms with Gasteiger partial charge in [0.1, 0.15) is 35.5 Å². The highest BCUT2D eigenvalue weighted by molar-refractivity contribution is 6.32. The van der Waals surface area contributed by atoms with E-state index in [0.717, 1.165) is 12.8 Å². The maximum absolute atomic E-state index is 12.2. The summed E-state index contributed by atoms with van der Waals surface area (Å²) in [6, 6.07) is 12.4. The Morgan fingerprint density at radius 2 is 2.22 bits per heavy atom. The molecule has 0 unspecified atom stereocenters. The molecule has 0 spiro atoms. The summed E-state index contributed by atoms with van der Waals surface area (Å²) in [6.45, 7) is 1.30. The van der Waals surface area contributed by atoms with Gasteiger partial charge in [-0.2, -0.15) is 5.26 Å². The summed E-state index contributed by atoms with van der Waals surface area (Å²) >= 11 is 6.04. The van der Waals surface area contributed by atoms with Crippen LogP contribution in [0.2, 0.25) is 5.02 Å². The zero-order chi connectivity index (χ0) is 19.1. The molecular weight excluding hydrogens is 368 g/mol. The number of hydrogen-bond donors (Lipinski definition) is 1. The fourth-order valence-electron chi connectivity index (χ4n) is 2.66. The lowest BCUT2D eigenvalue weighted by molar-refractivity contribution is -0.117. The van der Waals surface area contributed by atoms with Gasteiger partial charge in [0.15, 0.2) is 0 Å². The van der Waals surface area contributed by atoms with Crippen molar-refractivity contribution in [3.05, 3.63) is 58.5 Å². The zero-order valence-electron chi connectivity index (χ0n) is 14.6. The molecule has 0 bridgehead atoms. The highest BCUT2D eigenvalue weighted by atomic mass is 35.5. The summed E-state index contributed by atoms with van der Waals surface area (Å²) in [6.07, 6.45) is 3.33. The Bertz CT molecular complexity index is 863. The number of nitriles is 1. The number of carbonyl (C=O) groups excluding carboxylic acids is 1. The van der Waals surface area contributed by atoms with Crippen molar-refractivity contribution < 1.29 is 18.7 Å². The van der Waals surface area contributed by atoms with Crippen LogP contribution in [0, 0.1) is 11.3 Å². The van der Waals surface area contributed by atoms with Gasteiger partial charge in [0.2, 0.25) is 0 Å². The molecule has 1 aliphatic heterocycles. The molecular formula is C20H19ClN2O4. The minimum atomic E-state index is -0.446. The van der Waals surface area contributed by atoms with Gasteiger partial charge in [-0.05, 0) is 37.1 Å². The van der Waals surface area contributed by atoms with E-state index in [0.29, 0.717) is 35.4 Å². The largest absolute Gasteiger partial charge is 0.484 e. The van der Waals surface area contributed by atoms with Crippen LogP contribution in [-0.4, -0.2) is 25.2 Å². The fourth-order valence-corrected chi connectivity index (χ4v) is 2.85. The molecule has 2 heterocycles. The predicted octanol–water partition coefficient (Wildman–Crippen LogP) is 3.71. The number of para-hydroxylation sites is 1. The monoisotopic (exact) mass is 386 g/mol. The molecule has 0 aliphatic carbocycles. The van der Waals surface area contributed by atoms with Gasteiger partial charge >= 0.3 is 0 Å². The number of halogens is 1. The van der Waals surface area contributed by atoms with Gasteiger partial charge in [0, 0.05) is 19.2 Å². The Morgan fingerprint density at radius 3 is 2.96 bits per heavy atom. The maximum atomic E-state index is 12.2. The highest BCUT2D eigenvalue weighted by Gasteiger charge is 2.18. The maximum Gasteiger partial charge on any atom is 0.262 e. The van der Waals surface area contributed by atoms with Gasteiger partial charge in [0.25, 0.3) is 5.91 Å². The van der Waals surface area contributed by atoms with Crippen molar-refractivity contribution in [1.29, 1.82) is 5.26 Å². The molecule has 1 atom stereocenters. The summed E-state index contributed by atoms with van der Waals surface area (Å²) in [5.41, 5.74) is -0.0269. The van der Waals surface area contributed by atoms with E-state index in [4.69, 9.17) is 25.5 Å². The number of nitrogens with zero attached hydrogens (tertiary/aromatic N) is 1. The molecule has 140 valence electrons. The lowest BCUT2D eigenvalue weighted by atomic mass is 10.2. The fraction of sp³-hybridized carbons (Fsp3) is 0.300. The number of benzene rings is 1. The van der Waals surface area contributed by atoms with E-state index in [1.807, 2.05) is 18.2 Å². The van der Waals surface area contributed by atoms with Crippen molar-refractivity contribution in [2.24, 2.45) is 0 Å². The van der Waals surface area contributed by atoms with Gasteiger partial charge in [0.05, 0.1) is 11.1 Å². The summed E-state index contributed by atoms with van der Waals surface area (Å²) in [5, 5.41) is 12.5. The van der Waals surface area contributed by atoms with E-state index in [9.17, 15) is 10.1 Å². The Morgan fingerprint density at radius 1 is 1.37 bits per heavy atom. The molecule has 6 nitrogen and oxygen atoms in total. The molecule has 1 aromatic heterocycles. The average Bonchev–Trinajstić information content (AvgIpc) is 3.35. The molecule has 0 saturated carbocycles. The normalized spacial score (nSPS) is 16.7. The van der Waals surface area contributed by atoms with E-state index in [1.165, 1.54) is 6.08 Å². The second-order valence-corrected chi connectivity index (χ2v) is 6.45. The first kappa shape index (κ1) is 19.0. The van der Waals surface area contributed by atoms with Crippen molar-refractivity contribution in [3.8, 4) is 11.8 Å². The summed E-state index contributed by atoms with van der Waals surface area (Å²) in [4.78, 5) is 12.2. The topological polar surface area (TPSA) is 84.5 Å². The molecule has 1 fully saturated rings. The van der Waals surface area contributed by atoms with Crippen LogP contribution in [0.25, 0.3) is 6.08 Å². The number of nitrogens with one attached hydrogen (secondary N) is 1. The van der Waals surface area contributed by atoms with Crippen molar-refractivity contribution in [1.82, 2.24) is 5.32 Å². The second kappa shape index (κ2) is 9.26. The lowest BCUT2D eigenvalue weighted by Gasteiger charge is -2.09. The van der Waals surface area contributed by atoms with E-state index in [2.05, 4.69) is 5.32 Å². The molecule has 3 rings (SSSR count). The van der Waals surface area contributed by atoms with Crippen molar-refractivity contribution in [2.75, 3.05) is 13.2 Å². The van der Waals surface area contributed by atoms with Gasteiger partial charge in [-0.25, -0.2) is 0 Å². The number of carbonyl (C=O) groups is 1. The molecule has 1 aliphatic rings. The van der Waals surface area contributed by atoms with Crippen LogP contribution in [0.5, 0.6) is 5.75 Å². The third-order valence-corrected chi connectivity index (χ3v) is 4.37. The minimum Gasteiger partial charge on any atom is -0.484 e. The SMILES string of the molecule is N#C/C(=C\c1ccc(COc2ccccc2Cl)o1)C(=O)NC[C@@H]1CCCO1. The number of furan rings is 1. The predicted molar refractivity (Wildman–Crippen MR) is 100 cm³/mol. The van der Waals surface area contributed by atoms with Crippen LogP contribution in [0.1, 0.15) is 24.4 Å². The van der Waals surface area contributed by atoms with Gasteiger partial charge in [-0.1, -0.05) is 23.7 Å². The molecule has 2 aromatic rings. The molecule has 0 radical (unpaired) electrons. The smallest absolute Gasteiger partial charge is 0.262 e. The number of amides is 1. The van der Waals surface area contributed by atoms with Crippen LogP contribution < -0.4 is 10.1 Å².